The molecule has 2 aliphatic carbocycles. The molecule has 312 valence electrons. The molecule has 2 saturated heterocycles. The third-order valence-corrected chi connectivity index (χ3v) is 10.3. The molecule has 0 aromatic carbocycles. The largest absolute Gasteiger partial charge is 0.389 e. The average Bonchev–Trinajstić information content (AvgIpc) is 3.13. The molecule has 22 N–H and O–H groups in total. The summed E-state index contributed by atoms with van der Waals surface area (Å²) < 4.78 is 46.6. The Hall–Kier alpha value is -0.880. The van der Waals surface area contributed by atoms with E-state index >= 15 is 0 Å². The van der Waals surface area contributed by atoms with Crippen molar-refractivity contribution in [2.45, 2.75) is 141 Å². The van der Waals surface area contributed by atoms with Crippen molar-refractivity contribution in [2.75, 3.05) is 52.7 Å². The van der Waals surface area contributed by atoms with Crippen molar-refractivity contribution in [3.63, 3.8) is 0 Å². The van der Waals surface area contributed by atoms with E-state index in [1.54, 1.807) is 0 Å². The van der Waals surface area contributed by atoms with E-state index in [1.807, 2.05) is 0 Å². The lowest BCUT2D eigenvalue weighted by molar-refractivity contribution is -0.291. The molecule has 4 rings (SSSR count). The lowest BCUT2D eigenvalue weighted by Crippen LogP contribution is -2.67. The van der Waals surface area contributed by atoms with Gasteiger partial charge in [-0.1, -0.05) is 0 Å². The number of hydrogen-bond acceptors (Lipinski definition) is 22. The van der Waals surface area contributed by atoms with E-state index in [0.29, 0.717) is 19.6 Å². The molecule has 4 fully saturated rings. The fourth-order valence-electron chi connectivity index (χ4n) is 7.09. The number of rotatable bonds is 18. The standard InChI is InChI=1S/C31H64N8O14/c32-10-16-22(42)24(44)18(38)30(50-16)52-26-14(36)8-12(34)20(40)28(26)48-6-4-46-2-1-3-47-5-7-49-29-21(41)13(35)9-15(37)27(29)53-31-19(39)25(45)23(43)17(11-33)51-31/h12-31,40-45H,1-11,32-39H2/t12-,13-,14+,15+,16-,17-,18-,19-,20+,21+,22-,23-,24-,25-,26-,27-,28-,29-,30-,31-/m1/s1. The third kappa shape index (κ3) is 11.2. The number of nitrogens with two attached hydrogens (primary N) is 8. The van der Waals surface area contributed by atoms with Gasteiger partial charge in [0, 0.05) is 50.5 Å². The molecule has 22 nitrogen and oxygen atoms in total. The normalized spacial score (nSPS) is 46.8. The second-order valence-corrected chi connectivity index (χ2v) is 14.2. The Kier molecular flexibility index (Phi) is 17.8. The van der Waals surface area contributed by atoms with Crippen molar-refractivity contribution in [1.29, 1.82) is 0 Å². The SMILES string of the molecule is NC[C@H]1O[C@H](O[C@H]2[C@H](OCCOCCCOCCO[C@@H]3[C@@H](O)[C@H](N)C[C@H](N)[C@H]3O[C@H]3O[C@H](CN)[C@@H](O)[C@H](O)[C@H]3N)[C@@H](O)[C@H](N)C[C@@H]2N)[C@H](N)[C@@H](O)[C@@H]1O. The van der Waals surface area contributed by atoms with Crippen LogP contribution in [0.25, 0.3) is 0 Å². The molecular weight excluding hydrogens is 708 g/mol. The number of aliphatic hydroxyl groups excluding tert-OH is 6. The summed E-state index contributed by atoms with van der Waals surface area (Å²) in [7, 11) is 0. The van der Waals surface area contributed by atoms with Gasteiger partial charge in [0.15, 0.2) is 12.6 Å². The van der Waals surface area contributed by atoms with Gasteiger partial charge >= 0.3 is 0 Å². The van der Waals surface area contributed by atoms with E-state index in [1.165, 1.54) is 0 Å². The van der Waals surface area contributed by atoms with Gasteiger partial charge in [0.2, 0.25) is 0 Å². The van der Waals surface area contributed by atoms with Gasteiger partial charge in [-0.15, -0.1) is 0 Å². The monoisotopic (exact) mass is 772 g/mol. The first-order valence-corrected chi connectivity index (χ1v) is 18.2. The van der Waals surface area contributed by atoms with Gasteiger partial charge in [-0.05, 0) is 19.3 Å². The topological polar surface area (TPSA) is 403 Å². The van der Waals surface area contributed by atoms with Crippen molar-refractivity contribution >= 4 is 0 Å². The number of hydrogen-bond donors (Lipinski definition) is 14. The summed E-state index contributed by atoms with van der Waals surface area (Å²) in [5.41, 5.74) is 48.3. The van der Waals surface area contributed by atoms with Crippen molar-refractivity contribution in [1.82, 2.24) is 0 Å². The van der Waals surface area contributed by atoms with Crippen LogP contribution < -0.4 is 45.9 Å². The molecule has 20 atom stereocenters. The molecule has 0 radical (unpaired) electrons. The molecule has 2 aliphatic heterocycles. The molecule has 53 heavy (non-hydrogen) atoms. The van der Waals surface area contributed by atoms with Crippen LogP contribution in [0.5, 0.6) is 0 Å². The average molecular weight is 773 g/mol. The van der Waals surface area contributed by atoms with E-state index < -0.39 is 122 Å². The molecule has 2 heterocycles. The first kappa shape index (κ1) is 44.8. The molecule has 0 aromatic heterocycles. The maximum absolute atomic E-state index is 10.8. The Morgan fingerprint density at radius 3 is 1.19 bits per heavy atom. The molecule has 0 amide bonds. The summed E-state index contributed by atoms with van der Waals surface area (Å²) in [6.45, 7) is 0.964. The highest BCUT2D eigenvalue weighted by molar-refractivity contribution is 5.02. The van der Waals surface area contributed by atoms with E-state index in [-0.39, 0.29) is 52.4 Å². The minimum absolute atomic E-state index is 0.0700. The zero-order valence-corrected chi connectivity index (χ0v) is 29.9. The zero-order chi connectivity index (χ0) is 39.0. The minimum atomic E-state index is -1.35. The predicted molar refractivity (Wildman–Crippen MR) is 184 cm³/mol. The molecule has 2 saturated carbocycles. The van der Waals surface area contributed by atoms with E-state index in [4.69, 9.17) is 83.8 Å². The lowest BCUT2D eigenvalue weighted by atomic mass is 9.84. The van der Waals surface area contributed by atoms with E-state index in [0.717, 1.165) is 0 Å². The maximum Gasteiger partial charge on any atom is 0.176 e. The fraction of sp³-hybridized carbons (Fsp3) is 1.00. The highest BCUT2D eigenvalue weighted by Crippen LogP contribution is 2.30. The molecule has 0 unspecified atom stereocenters. The molecule has 22 heteroatoms. The van der Waals surface area contributed by atoms with Crippen LogP contribution in [0, 0.1) is 0 Å². The van der Waals surface area contributed by atoms with Gasteiger partial charge < -0.3 is 114 Å². The van der Waals surface area contributed by atoms with Gasteiger partial charge in [0.1, 0.15) is 61.0 Å². The van der Waals surface area contributed by atoms with Crippen molar-refractivity contribution in [3.8, 4) is 0 Å². The van der Waals surface area contributed by atoms with Crippen LogP contribution in [0.15, 0.2) is 0 Å². The highest BCUT2D eigenvalue weighted by atomic mass is 16.7. The molecular formula is C31H64N8O14. The lowest BCUT2D eigenvalue weighted by Gasteiger charge is -2.46. The summed E-state index contributed by atoms with van der Waals surface area (Å²) in [5, 5.41) is 62.7. The van der Waals surface area contributed by atoms with Crippen LogP contribution in [0.3, 0.4) is 0 Å². The highest BCUT2D eigenvalue weighted by Gasteiger charge is 2.50. The van der Waals surface area contributed by atoms with Gasteiger partial charge in [0.05, 0.1) is 50.7 Å². The van der Waals surface area contributed by atoms with E-state index in [9.17, 15) is 30.6 Å². The maximum atomic E-state index is 10.8. The smallest absolute Gasteiger partial charge is 0.176 e. The minimum Gasteiger partial charge on any atom is -0.389 e. The van der Waals surface area contributed by atoms with Gasteiger partial charge in [0.25, 0.3) is 0 Å². The summed E-state index contributed by atoms with van der Waals surface area (Å²) >= 11 is 0. The van der Waals surface area contributed by atoms with Crippen LogP contribution in [-0.4, -0.2) is 205 Å². The van der Waals surface area contributed by atoms with Crippen LogP contribution in [0.4, 0.5) is 0 Å². The van der Waals surface area contributed by atoms with Crippen molar-refractivity contribution in [2.24, 2.45) is 45.9 Å². The number of aliphatic hydroxyl groups is 6. The molecule has 4 aliphatic rings. The summed E-state index contributed by atoms with van der Waals surface area (Å²) in [4.78, 5) is 0. The van der Waals surface area contributed by atoms with Crippen molar-refractivity contribution < 1.29 is 68.5 Å². The first-order valence-electron chi connectivity index (χ1n) is 18.2. The van der Waals surface area contributed by atoms with Crippen LogP contribution in [0.1, 0.15) is 19.3 Å². The fourth-order valence-corrected chi connectivity index (χ4v) is 7.09. The van der Waals surface area contributed by atoms with Crippen LogP contribution in [-0.2, 0) is 37.9 Å². The third-order valence-electron chi connectivity index (χ3n) is 10.3. The van der Waals surface area contributed by atoms with Crippen molar-refractivity contribution in [3.05, 3.63) is 0 Å². The Morgan fingerprint density at radius 2 is 0.830 bits per heavy atom. The molecule has 0 aromatic rings. The predicted octanol–water partition coefficient (Wildman–Crippen LogP) is -8.75. The summed E-state index contributed by atoms with van der Waals surface area (Å²) in [6, 6.07) is -4.86. The van der Waals surface area contributed by atoms with Gasteiger partial charge in [-0.25, -0.2) is 0 Å². The Labute approximate surface area is 308 Å². The first-order chi connectivity index (χ1) is 25.2. The van der Waals surface area contributed by atoms with Gasteiger partial charge in [-0.3, -0.25) is 0 Å². The van der Waals surface area contributed by atoms with Crippen LogP contribution >= 0.6 is 0 Å². The second kappa shape index (κ2) is 21.0. The number of ether oxygens (including phenoxy) is 8. The Balaban J connectivity index is 1.15. The molecule has 0 bridgehead atoms. The summed E-state index contributed by atoms with van der Waals surface area (Å²) in [5.74, 6) is 0. The Morgan fingerprint density at radius 1 is 0.453 bits per heavy atom. The van der Waals surface area contributed by atoms with E-state index in [2.05, 4.69) is 0 Å². The van der Waals surface area contributed by atoms with Gasteiger partial charge in [-0.2, -0.15) is 0 Å². The second-order valence-electron chi connectivity index (χ2n) is 14.2. The molecule has 0 spiro atoms. The summed E-state index contributed by atoms with van der Waals surface area (Å²) in [6.07, 6.45) is -14.4. The quantitative estimate of drug-likeness (QED) is 0.0575. The Bertz CT molecular complexity index is 987. The van der Waals surface area contributed by atoms with Crippen LogP contribution in [0.2, 0.25) is 0 Å². The zero-order valence-electron chi connectivity index (χ0n) is 29.9.